The monoisotopic (exact) mass is 213 g/mol. The first-order chi connectivity index (χ1) is 7.07. The maximum Gasteiger partial charge on any atom is 0.416 e. The van der Waals surface area contributed by atoms with E-state index in [1.807, 2.05) is 6.08 Å². The third-order valence-corrected chi connectivity index (χ3v) is 2.37. The van der Waals surface area contributed by atoms with E-state index in [9.17, 15) is 13.2 Å². The van der Waals surface area contributed by atoms with Gasteiger partial charge in [0.2, 0.25) is 0 Å². The molecule has 0 aliphatic carbocycles. The van der Waals surface area contributed by atoms with Crippen molar-refractivity contribution in [3.05, 3.63) is 41.5 Å². The van der Waals surface area contributed by atoms with Gasteiger partial charge in [-0.1, -0.05) is 18.2 Å². The zero-order valence-corrected chi connectivity index (χ0v) is 7.93. The Morgan fingerprint density at radius 1 is 1.20 bits per heavy atom. The van der Waals surface area contributed by atoms with Gasteiger partial charge in [-0.15, -0.1) is 0 Å². The fraction of sp³-hybridized carbons (Fsp3) is 0.273. The topological polar surface area (TPSA) is 12.0 Å². The third kappa shape index (κ3) is 2.21. The zero-order valence-electron chi connectivity index (χ0n) is 7.93. The molecule has 1 aromatic carbocycles. The Labute approximate surface area is 85.6 Å². The quantitative estimate of drug-likeness (QED) is 0.756. The van der Waals surface area contributed by atoms with E-state index < -0.39 is 11.7 Å². The van der Waals surface area contributed by atoms with Gasteiger partial charge in [-0.25, -0.2) is 0 Å². The highest BCUT2D eigenvalue weighted by atomic mass is 19.4. The minimum absolute atomic E-state index is 0.590. The Kier molecular flexibility index (Phi) is 2.52. The van der Waals surface area contributed by atoms with Gasteiger partial charge in [0.05, 0.1) is 5.56 Å². The Bertz CT molecular complexity index is 393. The molecule has 2 rings (SSSR count). The lowest BCUT2D eigenvalue weighted by Crippen LogP contribution is -2.08. The lowest BCUT2D eigenvalue weighted by atomic mass is 10.0. The molecule has 0 amide bonds. The molecule has 0 spiro atoms. The number of nitrogens with one attached hydrogen (secondary N) is 1. The minimum Gasteiger partial charge on any atom is -0.309 e. The fourth-order valence-corrected chi connectivity index (χ4v) is 1.59. The Morgan fingerprint density at radius 3 is 2.60 bits per heavy atom. The normalized spacial score (nSPS) is 16.6. The number of benzene rings is 1. The summed E-state index contributed by atoms with van der Waals surface area (Å²) >= 11 is 0. The van der Waals surface area contributed by atoms with Crippen molar-refractivity contribution >= 4 is 5.57 Å². The highest BCUT2D eigenvalue weighted by Gasteiger charge is 2.30. The molecule has 1 heterocycles. The summed E-state index contributed by atoms with van der Waals surface area (Å²) in [7, 11) is 0. The molecule has 0 bridgehead atoms. The van der Waals surface area contributed by atoms with E-state index in [0.29, 0.717) is 12.1 Å². The van der Waals surface area contributed by atoms with Gasteiger partial charge in [-0.2, -0.15) is 13.2 Å². The van der Waals surface area contributed by atoms with Crippen LogP contribution >= 0.6 is 0 Å². The first kappa shape index (κ1) is 10.2. The number of rotatable bonds is 1. The molecule has 4 heteroatoms. The van der Waals surface area contributed by atoms with Gasteiger partial charge in [0, 0.05) is 13.1 Å². The van der Waals surface area contributed by atoms with Crippen LogP contribution in [0.25, 0.3) is 5.57 Å². The Balaban J connectivity index is 2.34. The van der Waals surface area contributed by atoms with Crippen LogP contribution in [0.3, 0.4) is 0 Å². The van der Waals surface area contributed by atoms with Crippen molar-refractivity contribution in [3.8, 4) is 0 Å². The molecule has 80 valence electrons. The van der Waals surface area contributed by atoms with Gasteiger partial charge in [0.25, 0.3) is 0 Å². The average Bonchev–Trinajstić information content (AvgIpc) is 2.69. The molecule has 0 radical (unpaired) electrons. The summed E-state index contributed by atoms with van der Waals surface area (Å²) in [6, 6.07) is 5.43. The lowest BCUT2D eigenvalue weighted by molar-refractivity contribution is -0.137. The number of alkyl halides is 3. The summed E-state index contributed by atoms with van der Waals surface area (Å²) in [5.74, 6) is 0. The molecular weight excluding hydrogens is 203 g/mol. The van der Waals surface area contributed by atoms with Crippen LogP contribution in [0.15, 0.2) is 30.3 Å². The van der Waals surface area contributed by atoms with Crippen molar-refractivity contribution in [3.63, 3.8) is 0 Å². The van der Waals surface area contributed by atoms with E-state index >= 15 is 0 Å². The molecule has 0 fully saturated rings. The highest BCUT2D eigenvalue weighted by molar-refractivity contribution is 5.69. The molecule has 0 atom stereocenters. The van der Waals surface area contributed by atoms with Crippen molar-refractivity contribution in [1.82, 2.24) is 5.32 Å². The molecule has 0 saturated heterocycles. The van der Waals surface area contributed by atoms with Crippen LogP contribution < -0.4 is 5.32 Å². The first-order valence-electron chi connectivity index (χ1n) is 4.65. The molecule has 1 aliphatic heterocycles. The molecule has 0 aromatic heterocycles. The highest BCUT2D eigenvalue weighted by Crippen LogP contribution is 2.31. The Morgan fingerprint density at radius 2 is 2.00 bits per heavy atom. The number of halogens is 3. The minimum atomic E-state index is -4.26. The van der Waals surface area contributed by atoms with Crippen molar-refractivity contribution in [2.45, 2.75) is 6.18 Å². The molecular formula is C11H10F3N. The van der Waals surface area contributed by atoms with Gasteiger partial charge in [-0.05, 0) is 23.3 Å². The van der Waals surface area contributed by atoms with Gasteiger partial charge < -0.3 is 5.32 Å². The van der Waals surface area contributed by atoms with Crippen LogP contribution in [0.4, 0.5) is 13.2 Å². The summed E-state index contributed by atoms with van der Waals surface area (Å²) in [4.78, 5) is 0. The van der Waals surface area contributed by atoms with Crippen LogP contribution in [0.5, 0.6) is 0 Å². The Hall–Kier alpha value is -1.29. The predicted octanol–water partition coefficient (Wildman–Crippen LogP) is 2.69. The van der Waals surface area contributed by atoms with Crippen LogP contribution in [0, 0.1) is 0 Å². The van der Waals surface area contributed by atoms with Gasteiger partial charge in [-0.3, -0.25) is 0 Å². The van der Waals surface area contributed by atoms with Crippen molar-refractivity contribution < 1.29 is 13.2 Å². The van der Waals surface area contributed by atoms with E-state index in [1.54, 1.807) is 6.07 Å². The smallest absolute Gasteiger partial charge is 0.309 e. The summed E-state index contributed by atoms with van der Waals surface area (Å²) < 4.78 is 37.3. The van der Waals surface area contributed by atoms with Crippen LogP contribution in [0.1, 0.15) is 11.1 Å². The number of hydrogen-bond donors (Lipinski definition) is 1. The summed E-state index contributed by atoms with van der Waals surface area (Å²) in [6.07, 6.45) is -2.35. The molecule has 0 unspecified atom stereocenters. The molecule has 0 saturated carbocycles. The lowest BCUT2D eigenvalue weighted by Gasteiger charge is -2.08. The van der Waals surface area contributed by atoms with Crippen LogP contribution in [-0.2, 0) is 6.18 Å². The molecule has 1 nitrogen and oxygen atoms in total. The van der Waals surface area contributed by atoms with Crippen LogP contribution in [0.2, 0.25) is 0 Å². The van der Waals surface area contributed by atoms with Gasteiger partial charge >= 0.3 is 6.18 Å². The van der Waals surface area contributed by atoms with E-state index in [0.717, 1.165) is 18.2 Å². The molecule has 1 N–H and O–H groups in total. The van der Waals surface area contributed by atoms with E-state index in [4.69, 9.17) is 0 Å². The summed E-state index contributed by atoms with van der Waals surface area (Å²) in [5.41, 5.74) is 0.990. The van der Waals surface area contributed by atoms with Crippen LogP contribution in [-0.4, -0.2) is 13.1 Å². The zero-order chi connectivity index (χ0) is 10.9. The summed E-state index contributed by atoms with van der Waals surface area (Å²) in [5, 5.41) is 3.06. The SMILES string of the molecule is FC(F)(F)c1cccc(C2=CCNC2)c1. The van der Waals surface area contributed by atoms with Gasteiger partial charge in [0.15, 0.2) is 0 Å². The fourth-order valence-electron chi connectivity index (χ4n) is 1.59. The van der Waals surface area contributed by atoms with Gasteiger partial charge in [0.1, 0.15) is 0 Å². The van der Waals surface area contributed by atoms with Crippen molar-refractivity contribution in [2.24, 2.45) is 0 Å². The number of hydrogen-bond acceptors (Lipinski definition) is 1. The molecule has 1 aromatic rings. The average molecular weight is 213 g/mol. The summed E-state index contributed by atoms with van der Waals surface area (Å²) in [6.45, 7) is 1.37. The second kappa shape index (κ2) is 3.70. The largest absolute Gasteiger partial charge is 0.416 e. The maximum atomic E-state index is 12.4. The van der Waals surface area contributed by atoms with Crippen molar-refractivity contribution in [2.75, 3.05) is 13.1 Å². The molecule has 15 heavy (non-hydrogen) atoms. The third-order valence-electron chi connectivity index (χ3n) is 2.37. The first-order valence-corrected chi connectivity index (χ1v) is 4.65. The van der Waals surface area contributed by atoms with E-state index in [-0.39, 0.29) is 0 Å². The van der Waals surface area contributed by atoms with E-state index in [1.165, 1.54) is 12.1 Å². The molecule has 1 aliphatic rings. The second-order valence-electron chi connectivity index (χ2n) is 3.44. The predicted molar refractivity (Wildman–Crippen MR) is 52.3 cm³/mol. The maximum absolute atomic E-state index is 12.4. The second-order valence-corrected chi connectivity index (χ2v) is 3.44. The van der Waals surface area contributed by atoms with Crippen molar-refractivity contribution in [1.29, 1.82) is 0 Å². The van der Waals surface area contributed by atoms with E-state index in [2.05, 4.69) is 5.32 Å². The standard InChI is InChI=1S/C11H10F3N/c12-11(13,14)10-3-1-2-8(6-10)9-4-5-15-7-9/h1-4,6,15H,5,7H2.